The molecule has 0 fully saturated rings. The molecule has 3 N–H and O–H groups in total. The zero-order chi connectivity index (χ0) is 15.6. The highest BCUT2D eigenvalue weighted by Gasteiger charge is 2.22. The van der Waals surface area contributed by atoms with E-state index in [0.29, 0.717) is 5.75 Å². The Bertz CT molecular complexity index is 683. The molecule has 9 heteroatoms. The van der Waals surface area contributed by atoms with Gasteiger partial charge in [0.2, 0.25) is 10.0 Å². The number of nitrogen functional groups attached to an aromatic ring is 1. The molecule has 1 aromatic carbocycles. The third kappa shape index (κ3) is 4.66. The van der Waals surface area contributed by atoms with E-state index in [1.54, 1.807) is 0 Å². The van der Waals surface area contributed by atoms with E-state index in [-0.39, 0.29) is 16.3 Å². The van der Waals surface area contributed by atoms with Gasteiger partial charge in [-0.3, -0.25) is 0 Å². The van der Waals surface area contributed by atoms with E-state index in [1.807, 2.05) is 0 Å². The molecule has 0 aliphatic heterocycles. The van der Waals surface area contributed by atoms with Gasteiger partial charge in [-0.05, 0) is 19.1 Å². The average molecular weight is 322 g/mol. The van der Waals surface area contributed by atoms with Crippen LogP contribution >= 0.6 is 0 Å². The first kappa shape index (κ1) is 16.7. The zero-order valence-electron chi connectivity index (χ0n) is 11.5. The fraction of sp³-hybridized carbons (Fsp3) is 0.455. The van der Waals surface area contributed by atoms with Gasteiger partial charge in [0.1, 0.15) is 20.5 Å². The second kappa shape index (κ2) is 5.98. The number of rotatable bonds is 6. The second-order valence-electron chi connectivity index (χ2n) is 4.52. The van der Waals surface area contributed by atoms with E-state index >= 15 is 0 Å². The van der Waals surface area contributed by atoms with Crippen LogP contribution < -0.4 is 15.2 Å². The number of hydrogen-bond donors (Lipinski definition) is 2. The number of anilines is 1. The molecule has 0 aliphatic carbocycles. The summed E-state index contributed by atoms with van der Waals surface area (Å²) in [4.78, 5) is -0.112. The highest BCUT2D eigenvalue weighted by atomic mass is 32.2. The van der Waals surface area contributed by atoms with E-state index in [1.165, 1.54) is 32.2 Å². The molecule has 0 bridgehead atoms. The molecule has 0 saturated carbocycles. The first-order valence-electron chi connectivity index (χ1n) is 5.69. The quantitative estimate of drug-likeness (QED) is 0.712. The molecule has 0 aliphatic rings. The minimum absolute atomic E-state index is 0.0309. The smallest absolute Gasteiger partial charge is 0.242 e. The van der Waals surface area contributed by atoms with Crippen molar-refractivity contribution in [3.8, 4) is 5.75 Å². The predicted octanol–water partition coefficient (Wildman–Crippen LogP) is -0.0112. The SMILES string of the molecule is COc1ccc(S(=O)(=O)NC(C)CS(C)(=O)=O)c(N)c1. The summed E-state index contributed by atoms with van der Waals surface area (Å²) in [7, 11) is -5.72. The van der Waals surface area contributed by atoms with Gasteiger partial charge in [0.15, 0.2) is 0 Å². The number of sulfone groups is 1. The Morgan fingerprint density at radius 3 is 2.35 bits per heavy atom. The third-order valence-corrected chi connectivity index (χ3v) is 5.18. The lowest BCUT2D eigenvalue weighted by molar-refractivity contribution is 0.414. The van der Waals surface area contributed by atoms with Crippen LogP contribution in [0.25, 0.3) is 0 Å². The van der Waals surface area contributed by atoms with Crippen molar-refractivity contribution >= 4 is 25.5 Å². The van der Waals surface area contributed by atoms with E-state index in [9.17, 15) is 16.8 Å². The van der Waals surface area contributed by atoms with Crippen LogP contribution in [-0.2, 0) is 19.9 Å². The Hall–Kier alpha value is -1.32. The van der Waals surface area contributed by atoms with E-state index in [2.05, 4.69) is 4.72 Å². The van der Waals surface area contributed by atoms with Crippen LogP contribution in [0.2, 0.25) is 0 Å². The fourth-order valence-electron chi connectivity index (χ4n) is 1.71. The number of nitrogens with two attached hydrogens (primary N) is 1. The first-order valence-corrected chi connectivity index (χ1v) is 9.23. The van der Waals surface area contributed by atoms with E-state index in [0.717, 1.165) is 6.26 Å². The van der Waals surface area contributed by atoms with Crippen LogP contribution in [-0.4, -0.2) is 42.0 Å². The molecule has 0 heterocycles. The van der Waals surface area contributed by atoms with Crippen molar-refractivity contribution in [2.75, 3.05) is 24.9 Å². The molecule has 1 rings (SSSR count). The molecule has 1 unspecified atom stereocenters. The highest BCUT2D eigenvalue weighted by Crippen LogP contribution is 2.23. The lowest BCUT2D eigenvalue weighted by Crippen LogP contribution is -2.37. The maximum Gasteiger partial charge on any atom is 0.242 e. The van der Waals surface area contributed by atoms with Crippen molar-refractivity contribution in [2.45, 2.75) is 17.9 Å². The van der Waals surface area contributed by atoms with Crippen molar-refractivity contribution in [3.05, 3.63) is 18.2 Å². The Morgan fingerprint density at radius 2 is 1.90 bits per heavy atom. The third-order valence-electron chi connectivity index (χ3n) is 2.42. The summed E-state index contributed by atoms with van der Waals surface area (Å²) in [6.07, 6.45) is 1.04. The van der Waals surface area contributed by atoms with Crippen LogP contribution in [0, 0.1) is 0 Å². The predicted molar refractivity (Wildman–Crippen MR) is 76.9 cm³/mol. The minimum Gasteiger partial charge on any atom is -0.497 e. The molecular formula is C11H18N2O5S2. The summed E-state index contributed by atoms with van der Waals surface area (Å²) >= 11 is 0. The molecule has 0 saturated heterocycles. The highest BCUT2D eigenvalue weighted by molar-refractivity contribution is 7.91. The summed E-state index contributed by atoms with van der Waals surface area (Å²) in [6, 6.07) is 3.41. The fourth-order valence-corrected chi connectivity index (χ4v) is 4.17. The average Bonchev–Trinajstić information content (AvgIpc) is 2.24. The molecule has 114 valence electrons. The van der Waals surface area contributed by atoms with Crippen LogP contribution in [0.4, 0.5) is 5.69 Å². The Labute approximate surface area is 119 Å². The van der Waals surface area contributed by atoms with Crippen molar-refractivity contribution in [1.82, 2.24) is 4.72 Å². The first-order chi connectivity index (χ1) is 9.05. The lowest BCUT2D eigenvalue weighted by atomic mass is 10.3. The molecule has 20 heavy (non-hydrogen) atoms. The maximum atomic E-state index is 12.1. The van der Waals surface area contributed by atoms with Crippen LogP contribution in [0.1, 0.15) is 6.92 Å². The van der Waals surface area contributed by atoms with E-state index < -0.39 is 25.9 Å². The van der Waals surface area contributed by atoms with Crippen molar-refractivity contribution in [2.24, 2.45) is 0 Å². The van der Waals surface area contributed by atoms with Gasteiger partial charge in [-0.25, -0.2) is 21.6 Å². The van der Waals surface area contributed by atoms with Gasteiger partial charge in [-0.2, -0.15) is 0 Å². The molecule has 0 amide bonds. The normalized spacial score (nSPS) is 13.9. The molecule has 1 atom stereocenters. The van der Waals surface area contributed by atoms with Gasteiger partial charge in [0.05, 0.1) is 18.6 Å². The monoisotopic (exact) mass is 322 g/mol. The van der Waals surface area contributed by atoms with E-state index in [4.69, 9.17) is 10.5 Å². The van der Waals surface area contributed by atoms with Gasteiger partial charge in [0, 0.05) is 18.4 Å². The molecule has 0 radical (unpaired) electrons. The molecule has 0 aromatic heterocycles. The standard InChI is InChI=1S/C11H18N2O5S2/c1-8(7-19(3,14)15)13-20(16,17)11-5-4-9(18-2)6-10(11)12/h4-6,8,13H,7,12H2,1-3H3. The van der Waals surface area contributed by atoms with Crippen molar-refractivity contribution in [1.29, 1.82) is 0 Å². The minimum atomic E-state index is -3.88. The number of sulfonamides is 1. The van der Waals surface area contributed by atoms with Crippen molar-refractivity contribution in [3.63, 3.8) is 0 Å². The molecule has 1 aromatic rings. The molecule has 0 spiro atoms. The molecular weight excluding hydrogens is 304 g/mol. The zero-order valence-corrected chi connectivity index (χ0v) is 13.1. The summed E-state index contributed by atoms with van der Waals surface area (Å²) in [5, 5.41) is 0. The topological polar surface area (TPSA) is 116 Å². The van der Waals surface area contributed by atoms with Gasteiger partial charge in [-0.15, -0.1) is 0 Å². The largest absolute Gasteiger partial charge is 0.497 e. The summed E-state index contributed by atoms with van der Waals surface area (Å²) in [6.45, 7) is 1.47. The number of benzene rings is 1. The van der Waals surface area contributed by atoms with Crippen LogP contribution in [0.15, 0.2) is 23.1 Å². The van der Waals surface area contributed by atoms with Gasteiger partial charge < -0.3 is 10.5 Å². The van der Waals surface area contributed by atoms with Crippen molar-refractivity contribution < 1.29 is 21.6 Å². The van der Waals surface area contributed by atoms with Gasteiger partial charge in [0.25, 0.3) is 0 Å². The van der Waals surface area contributed by atoms with Crippen LogP contribution in [0.3, 0.4) is 0 Å². The number of hydrogen-bond acceptors (Lipinski definition) is 6. The van der Waals surface area contributed by atoms with Gasteiger partial charge in [-0.1, -0.05) is 0 Å². The molecule has 7 nitrogen and oxygen atoms in total. The number of ether oxygens (including phenoxy) is 1. The Balaban J connectivity index is 3.00. The summed E-state index contributed by atoms with van der Waals surface area (Å²) in [5.41, 5.74) is 5.70. The number of nitrogens with one attached hydrogen (secondary N) is 1. The lowest BCUT2D eigenvalue weighted by Gasteiger charge is -2.14. The maximum absolute atomic E-state index is 12.1. The number of methoxy groups -OCH3 is 1. The summed E-state index contributed by atoms with van der Waals surface area (Å²) < 4.78 is 53.7. The van der Waals surface area contributed by atoms with Gasteiger partial charge >= 0.3 is 0 Å². The van der Waals surface area contributed by atoms with Crippen LogP contribution in [0.5, 0.6) is 5.75 Å². The second-order valence-corrected chi connectivity index (χ2v) is 8.39. The Morgan fingerprint density at radius 1 is 1.30 bits per heavy atom. The summed E-state index contributed by atoms with van der Waals surface area (Å²) in [5.74, 6) is 0.146. The Kier molecular flexibility index (Phi) is 5.00.